The number of aryl methyl sites for hydroxylation is 1. The molecule has 4 aromatic rings. The van der Waals surface area contributed by atoms with Crippen LogP contribution in [0.2, 0.25) is 0 Å². The third kappa shape index (κ3) is 4.27. The molecule has 0 aliphatic carbocycles. The second-order valence-corrected chi connectivity index (χ2v) is 5.97. The highest BCUT2D eigenvalue weighted by molar-refractivity contribution is 5.63. The van der Waals surface area contributed by atoms with E-state index < -0.39 is 0 Å². The van der Waals surface area contributed by atoms with Gasteiger partial charge in [-0.2, -0.15) is 0 Å². The van der Waals surface area contributed by atoms with Crippen LogP contribution in [-0.4, -0.2) is 15.0 Å². The van der Waals surface area contributed by atoms with Crippen LogP contribution in [0.4, 0.5) is 11.5 Å². The number of pyridine rings is 1. The van der Waals surface area contributed by atoms with E-state index in [4.69, 9.17) is 4.74 Å². The molecule has 0 amide bonds. The molecule has 4 rings (SSSR count). The Kier molecular flexibility index (Phi) is 4.74. The van der Waals surface area contributed by atoms with Crippen molar-refractivity contribution in [2.75, 3.05) is 5.32 Å². The van der Waals surface area contributed by atoms with Crippen molar-refractivity contribution in [3.05, 3.63) is 90.9 Å². The summed E-state index contributed by atoms with van der Waals surface area (Å²) in [5.74, 6) is 2.99. The Labute approximate surface area is 157 Å². The molecule has 0 saturated heterocycles. The summed E-state index contributed by atoms with van der Waals surface area (Å²) in [6.07, 6.45) is 1.76. The largest absolute Gasteiger partial charge is 0.457 e. The van der Waals surface area contributed by atoms with Crippen LogP contribution in [0.5, 0.6) is 11.5 Å². The van der Waals surface area contributed by atoms with E-state index in [1.807, 2.05) is 85.8 Å². The van der Waals surface area contributed by atoms with Gasteiger partial charge in [0.25, 0.3) is 0 Å². The van der Waals surface area contributed by atoms with Crippen molar-refractivity contribution in [1.29, 1.82) is 0 Å². The zero-order valence-electron chi connectivity index (χ0n) is 14.8. The lowest BCUT2D eigenvalue weighted by atomic mass is 10.2. The lowest BCUT2D eigenvalue weighted by Crippen LogP contribution is -1.99. The van der Waals surface area contributed by atoms with E-state index in [0.717, 1.165) is 34.4 Å². The molecule has 0 unspecified atom stereocenters. The van der Waals surface area contributed by atoms with Gasteiger partial charge in [0.2, 0.25) is 0 Å². The first kappa shape index (κ1) is 16.7. The zero-order chi connectivity index (χ0) is 18.5. The van der Waals surface area contributed by atoms with Crippen LogP contribution in [0.25, 0.3) is 11.4 Å². The standard InChI is InChI=1S/C22H18N4O/c1-16-24-21(20-9-5-6-14-23-20)15-22(25-16)26-17-10-12-19(13-11-17)27-18-7-3-2-4-8-18/h2-15H,1H3,(H,24,25,26). The SMILES string of the molecule is Cc1nc(Nc2ccc(Oc3ccccc3)cc2)cc(-c2ccccn2)n1. The maximum Gasteiger partial charge on any atom is 0.134 e. The highest BCUT2D eigenvalue weighted by Crippen LogP contribution is 2.25. The minimum atomic E-state index is 0.685. The predicted molar refractivity (Wildman–Crippen MR) is 106 cm³/mol. The summed E-state index contributed by atoms with van der Waals surface area (Å²) < 4.78 is 5.82. The van der Waals surface area contributed by atoms with E-state index in [2.05, 4.69) is 20.3 Å². The third-order valence-corrected chi connectivity index (χ3v) is 3.87. The molecule has 0 bridgehead atoms. The van der Waals surface area contributed by atoms with Gasteiger partial charge in [-0.25, -0.2) is 9.97 Å². The summed E-state index contributed by atoms with van der Waals surface area (Å²) in [7, 11) is 0. The molecule has 0 atom stereocenters. The summed E-state index contributed by atoms with van der Waals surface area (Å²) in [5, 5.41) is 3.31. The molecule has 0 aliphatic heterocycles. The van der Waals surface area contributed by atoms with Crippen molar-refractivity contribution in [2.24, 2.45) is 0 Å². The Morgan fingerprint density at radius 3 is 2.22 bits per heavy atom. The Morgan fingerprint density at radius 2 is 1.48 bits per heavy atom. The van der Waals surface area contributed by atoms with Crippen molar-refractivity contribution in [3.63, 3.8) is 0 Å². The van der Waals surface area contributed by atoms with Gasteiger partial charge in [-0.15, -0.1) is 0 Å². The number of para-hydroxylation sites is 1. The molecule has 132 valence electrons. The number of hydrogen-bond donors (Lipinski definition) is 1. The number of nitrogens with zero attached hydrogens (tertiary/aromatic N) is 3. The molecule has 5 heteroatoms. The Morgan fingerprint density at radius 1 is 0.741 bits per heavy atom. The monoisotopic (exact) mass is 354 g/mol. The number of anilines is 2. The van der Waals surface area contributed by atoms with Crippen molar-refractivity contribution in [2.45, 2.75) is 6.92 Å². The summed E-state index contributed by atoms with van der Waals surface area (Å²) in [4.78, 5) is 13.3. The average Bonchev–Trinajstić information content (AvgIpc) is 2.71. The smallest absolute Gasteiger partial charge is 0.134 e. The predicted octanol–water partition coefficient (Wildman–Crippen LogP) is 5.38. The van der Waals surface area contributed by atoms with E-state index in [0.29, 0.717) is 5.82 Å². The number of rotatable bonds is 5. The van der Waals surface area contributed by atoms with E-state index >= 15 is 0 Å². The molecular weight excluding hydrogens is 336 g/mol. The summed E-state index contributed by atoms with van der Waals surface area (Å²) in [5.41, 5.74) is 2.52. The normalized spacial score (nSPS) is 10.4. The number of benzene rings is 2. The van der Waals surface area contributed by atoms with Crippen LogP contribution < -0.4 is 10.1 Å². The van der Waals surface area contributed by atoms with Crippen LogP contribution >= 0.6 is 0 Å². The van der Waals surface area contributed by atoms with Crippen LogP contribution in [0.1, 0.15) is 5.82 Å². The molecule has 0 spiro atoms. The van der Waals surface area contributed by atoms with Crippen molar-refractivity contribution < 1.29 is 4.74 Å². The van der Waals surface area contributed by atoms with Crippen LogP contribution in [0.3, 0.4) is 0 Å². The first-order valence-corrected chi connectivity index (χ1v) is 8.63. The minimum absolute atomic E-state index is 0.685. The quantitative estimate of drug-likeness (QED) is 0.521. The van der Waals surface area contributed by atoms with E-state index in [1.54, 1.807) is 6.20 Å². The Bertz CT molecular complexity index is 1020. The van der Waals surface area contributed by atoms with Crippen LogP contribution in [0, 0.1) is 6.92 Å². The summed E-state index contributed by atoms with van der Waals surface area (Å²) >= 11 is 0. The fourth-order valence-corrected chi connectivity index (χ4v) is 2.66. The Hall–Kier alpha value is -3.73. The van der Waals surface area contributed by atoms with Gasteiger partial charge >= 0.3 is 0 Å². The van der Waals surface area contributed by atoms with E-state index in [9.17, 15) is 0 Å². The number of ether oxygens (including phenoxy) is 1. The van der Waals surface area contributed by atoms with Crippen LogP contribution in [-0.2, 0) is 0 Å². The average molecular weight is 354 g/mol. The molecule has 0 saturated carbocycles. The zero-order valence-corrected chi connectivity index (χ0v) is 14.8. The molecule has 1 N–H and O–H groups in total. The molecule has 27 heavy (non-hydrogen) atoms. The second kappa shape index (κ2) is 7.66. The molecule has 2 heterocycles. The van der Waals surface area contributed by atoms with Crippen molar-refractivity contribution in [3.8, 4) is 22.9 Å². The highest BCUT2D eigenvalue weighted by Gasteiger charge is 2.06. The fourth-order valence-electron chi connectivity index (χ4n) is 2.66. The van der Waals surface area contributed by atoms with E-state index in [-0.39, 0.29) is 0 Å². The van der Waals surface area contributed by atoms with Gasteiger partial charge in [-0.05, 0) is 55.5 Å². The van der Waals surface area contributed by atoms with Gasteiger partial charge < -0.3 is 10.1 Å². The van der Waals surface area contributed by atoms with Gasteiger partial charge in [-0.1, -0.05) is 24.3 Å². The van der Waals surface area contributed by atoms with Crippen molar-refractivity contribution >= 4 is 11.5 Å². The van der Waals surface area contributed by atoms with Gasteiger partial charge in [0.15, 0.2) is 0 Å². The molecule has 0 fully saturated rings. The molecule has 5 nitrogen and oxygen atoms in total. The maximum atomic E-state index is 5.82. The Balaban J connectivity index is 1.51. The van der Waals surface area contributed by atoms with Crippen molar-refractivity contribution in [1.82, 2.24) is 15.0 Å². The minimum Gasteiger partial charge on any atom is -0.457 e. The van der Waals surface area contributed by atoms with E-state index in [1.165, 1.54) is 0 Å². The third-order valence-electron chi connectivity index (χ3n) is 3.87. The lowest BCUT2D eigenvalue weighted by Gasteiger charge is -2.10. The first-order valence-electron chi connectivity index (χ1n) is 8.63. The first-order chi connectivity index (χ1) is 13.3. The second-order valence-electron chi connectivity index (χ2n) is 5.97. The highest BCUT2D eigenvalue weighted by atomic mass is 16.5. The topological polar surface area (TPSA) is 59.9 Å². The molecule has 2 aromatic heterocycles. The summed E-state index contributed by atoms with van der Waals surface area (Å²) in [6, 6.07) is 25.1. The van der Waals surface area contributed by atoms with Gasteiger partial charge in [0.1, 0.15) is 23.1 Å². The fraction of sp³-hybridized carbons (Fsp3) is 0.0455. The van der Waals surface area contributed by atoms with Gasteiger partial charge in [0, 0.05) is 18.0 Å². The molecule has 0 radical (unpaired) electrons. The van der Waals surface area contributed by atoms with Crippen LogP contribution in [0.15, 0.2) is 85.1 Å². The lowest BCUT2D eigenvalue weighted by molar-refractivity contribution is 0.483. The number of aromatic nitrogens is 3. The number of hydrogen-bond acceptors (Lipinski definition) is 5. The summed E-state index contributed by atoms with van der Waals surface area (Å²) in [6.45, 7) is 1.87. The molecule has 2 aromatic carbocycles. The molecule has 0 aliphatic rings. The maximum absolute atomic E-state index is 5.82. The van der Waals surface area contributed by atoms with Gasteiger partial charge in [-0.3, -0.25) is 4.98 Å². The van der Waals surface area contributed by atoms with Gasteiger partial charge in [0.05, 0.1) is 11.4 Å². The number of nitrogens with one attached hydrogen (secondary N) is 1. The molecular formula is C22H18N4O.